The van der Waals surface area contributed by atoms with Gasteiger partial charge in [0, 0.05) is 19.5 Å². The highest BCUT2D eigenvalue weighted by Gasteiger charge is 2.30. The van der Waals surface area contributed by atoms with Gasteiger partial charge in [-0.1, -0.05) is 91.2 Å². The Morgan fingerprint density at radius 2 is 1.60 bits per heavy atom. The predicted octanol–water partition coefficient (Wildman–Crippen LogP) is 5.24. The van der Waals surface area contributed by atoms with Crippen molar-refractivity contribution in [2.45, 2.75) is 52.6 Å². The van der Waals surface area contributed by atoms with Gasteiger partial charge in [0.05, 0.1) is 0 Å². The van der Waals surface area contributed by atoms with Crippen molar-refractivity contribution in [3.8, 4) is 5.75 Å². The van der Waals surface area contributed by atoms with Crippen LogP contribution in [0.3, 0.4) is 0 Å². The normalized spacial score (nSPS) is 11.5. The van der Waals surface area contributed by atoms with E-state index in [2.05, 4.69) is 18.3 Å². The maximum Gasteiger partial charge on any atom is 0.261 e. The van der Waals surface area contributed by atoms with Crippen molar-refractivity contribution in [1.82, 2.24) is 10.2 Å². The fraction of sp³-hybridized carbons (Fsp3) is 0.333. The van der Waals surface area contributed by atoms with E-state index in [-0.39, 0.29) is 18.4 Å². The molecule has 5 nitrogen and oxygen atoms in total. The summed E-state index contributed by atoms with van der Waals surface area (Å²) in [7, 11) is 0. The highest BCUT2D eigenvalue weighted by molar-refractivity contribution is 5.88. The number of benzene rings is 3. The maximum atomic E-state index is 13.6. The standard InChI is InChI=1S/C30H36N2O3/c1-4-5-18-31-30(34)28(20-25-11-7-6-8-12-25)32(21-26-13-9-10-24(3)19-26)29(33)22-35-27-16-14-23(2)15-17-27/h6-17,19,28H,4-5,18,20-22H2,1-3H3,(H,31,34)/t28-/m0/s1. The molecule has 0 bridgehead atoms. The van der Waals surface area contributed by atoms with Crippen LogP contribution in [0.15, 0.2) is 78.9 Å². The minimum absolute atomic E-state index is 0.137. The van der Waals surface area contributed by atoms with E-state index in [0.717, 1.165) is 35.1 Å². The zero-order valence-electron chi connectivity index (χ0n) is 21.0. The van der Waals surface area contributed by atoms with E-state index in [4.69, 9.17) is 4.74 Å². The molecule has 0 aromatic heterocycles. The van der Waals surface area contributed by atoms with Crippen molar-refractivity contribution < 1.29 is 14.3 Å². The van der Waals surface area contributed by atoms with Gasteiger partial charge in [-0.3, -0.25) is 9.59 Å². The SMILES string of the molecule is CCCCNC(=O)[C@H](Cc1ccccc1)N(Cc1cccc(C)c1)C(=O)COc1ccc(C)cc1. The number of hydrogen-bond donors (Lipinski definition) is 1. The molecule has 3 rings (SSSR count). The number of ether oxygens (including phenoxy) is 1. The minimum atomic E-state index is -0.649. The lowest BCUT2D eigenvalue weighted by Gasteiger charge is -2.31. The zero-order chi connectivity index (χ0) is 25.0. The summed E-state index contributed by atoms with van der Waals surface area (Å²) >= 11 is 0. The quantitative estimate of drug-likeness (QED) is 0.367. The Morgan fingerprint density at radius 1 is 0.886 bits per heavy atom. The summed E-state index contributed by atoms with van der Waals surface area (Å²) in [5.41, 5.74) is 4.21. The Morgan fingerprint density at radius 3 is 2.29 bits per heavy atom. The van der Waals surface area contributed by atoms with Crippen molar-refractivity contribution in [2.75, 3.05) is 13.2 Å². The Bertz CT molecular complexity index is 1080. The average molecular weight is 473 g/mol. The Hall–Kier alpha value is -3.60. The lowest BCUT2D eigenvalue weighted by Crippen LogP contribution is -2.51. The van der Waals surface area contributed by atoms with E-state index >= 15 is 0 Å². The summed E-state index contributed by atoms with van der Waals surface area (Å²) in [6, 6.07) is 24.8. The molecule has 184 valence electrons. The lowest BCUT2D eigenvalue weighted by atomic mass is 10.0. The summed E-state index contributed by atoms with van der Waals surface area (Å²) < 4.78 is 5.82. The van der Waals surface area contributed by atoms with Gasteiger partial charge in [-0.05, 0) is 43.5 Å². The van der Waals surface area contributed by atoms with Crippen LogP contribution in [0.4, 0.5) is 0 Å². The molecule has 0 fully saturated rings. The molecular weight excluding hydrogens is 436 g/mol. The zero-order valence-corrected chi connectivity index (χ0v) is 21.0. The number of nitrogens with one attached hydrogen (secondary N) is 1. The number of unbranched alkanes of at least 4 members (excludes halogenated alkanes) is 1. The third kappa shape index (κ3) is 8.29. The van der Waals surface area contributed by atoms with Crippen LogP contribution in [0.25, 0.3) is 0 Å². The molecule has 0 heterocycles. The van der Waals surface area contributed by atoms with Crippen molar-refractivity contribution in [1.29, 1.82) is 0 Å². The number of rotatable bonds is 12. The molecule has 3 aromatic carbocycles. The molecule has 35 heavy (non-hydrogen) atoms. The van der Waals surface area contributed by atoms with Crippen LogP contribution in [0.1, 0.15) is 42.0 Å². The molecule has 5 heteroatoms. The van der Waals surface area contributed by atoms with Crippen molar-refractivity contribution in [3.05, 3.63) is 101 Å². The first-order chi connectivity index (χ1) is 17.0. The van der Waals surface area contributed by atoms with E-state index in [1.165, 1.54) is 0 Å². The molecule has 0 aliphatic rings. The largest absolute Gasteiger partial charge is 0.484 e. The fourth-order valence-corrected chi connectivity index (χ4v) is 3.93. The summed E-state index contributed by atoms with van der Waals surface area (Å²) in [5, 5.41) is 3.04. The summed E-state index contributed by atoms with van der Waals surface area (Å²) in [4.78, 5) is 28.6. The van der Waals surface area contributed by atoms with Crippen LogP contribution in [0.2, 0.25) is 0 Å². The minimum Gasteiger partial charge on any atom is -0.484 e. The molecule has 1 atom stereocenters. The molecule has 2 amide bonds. The van der Waals surface area contributed by atoms with Gasteiger partial charge in [-0.15, -0.1) is 0 Å². The van der Waals surface area contributed by atoms with Gasteiger partial charge in [0.25, 0.3) is 5.91 Å². The van der Waals surface area contributed by atoms with Gasteiger partial charge in [0.15, 0.2) is 6.61 Å². The van der Waals surface area contributed by atoms with Crippen LogP contribution < -0.4 is 10.1 Å². The predicted molar refractivity (Wildman–Crippen MR) is 140 cm³/mol. The van der Waals surface area contributed by atoms with Crippen LogP contribution >= 0.6 is 0 Å². The topological polar surface area (TPSA) is 58.6 Å². The number of amides is 2. The highest BCUT2D eigenvalue weighted by atomic mass is 16.5. The molecule has 0 spiro atoms. The molecule has 0 aliphatic carbocycles. The smallest absolute Gasteiger partial charge is 0.261 e. The number of carbonyl (C=O) groups excluding carboxylic acids is 2. The van der Waals surface area contributed by atoms with E-state index < -0.39 is 6.04 Å². The third-order valence-corrected chi connectivity index (χ3v) is 5.92. The first-order valence-electron chi connectivity index (χ1n) is 12.3. The summed E-state index contributed by atoms with van der Waals surface area (Å²) in [5.74, 6) is 0.267. The van der Waals surface area contributed by atoms with Crippen molar-refractivity contribution >= 4 is 11.8 Å². The van der Waals surface area contributed by atoms with Gasteiger partial charge in [-0.2, -0.15) is 0 Å². The Balaban J connectivity index is 1.87. The van der Waals surface area contributed by atoms with Crippen LogP contribution in [0, 0.1) is 13.8 Å². The molecule has 3 aromatic rings. The molecule has 0 saturated heterocycles. The number of carbonyl (C=O) groups is 2. The molecular formula is C30H36N2O3. The van der Waals surface area contributed by atoms with E-state index in [0.29, 0.717) is 25.3 Å². The van der Waals surface area contributed by atoms with Gasteiger partial charge in [0.1, 0.15) is 11.8 Å². The second kappa shape index (κ2) is 13.3. The van der Waals surface area contributed by atoms with Crippen molar-refractivity contribution in [3.63, 3.8) is 0 Å². The van der Waals surface area contributed by atoms with E-state index in [1.54, 1.807) is 4.90 Å². The number of hydrogen-bond acceptors (Lipinski definition) is 3. The first-order valence-corrected chi connectivity index (χ1v) is 12.3. The van der Waals surface area contributed by atoms with Gasteiger partial charge < -0.3 is 15.0 Å². The summed E-state index contributed by atoms with van der Waals surface area (Å²) in [6.45, 7) is 6.90. The van der Waals surface area contributed by atoms with Crippen LogP contribution in [-0.4, -0.2) is 35.9 Å². The Kier molecular flexibility index (Phi) is 9.91. The van der Waals surface area contributed by atoms with Crippen LogP contribution in [0.5, 0.6) is 5.75 Å². The molecule has 0 radical (unpaired) electrons. The first kappa shape index (κ1) is 26.0. The molecule has 0 saturated carbocycles. The monoisotopic (exact) mass is 472 g/mol. The van der Waals surface area contributed by atoms with Gasteiger partial charge >= 0.3 is 0 Å². The fourth-order valence-electron chi connectivity index (χ4n) is 3.93. The van der Waals surface area contributed by atoms with Gasteiger partial charge in [-0.25, -0.2) is 0 Å². The lowest BCUT2D eigenvalue weighted by molar-refractivity contribution is -0.142. The summed E-state index contributed by atoms with van der Waals surface area (Å²) in [6.07, 6.45) is 2.31. The van der Waals surface area contributed by atoms with E-state index in [1.807, 2.05) is 86.6 Å². The second-order valence-electron chi connectivity index (χ2n) is 8.96. The number of aryl methyl sites for hydroxylation is 2. The third-order valence-electron chi connectivity index (χ3n) is 5.92. The number of nitrogens with zero attached hydrogens (tertiary/aromatic N) is 1. The maximum absolute atomic E-state index is 13.6. The van der Waals surface area contributed by atoms with E-state index in [9.17, 15) is 9.59 Å². The molecule has 1 N–H and O–H groups in total. The highest BCUT2D eigenvalue weighted by Crippen LogP contribution is 2.17. The van der Waals surface area contributed by atoms with Gasteiger partial charge in [0.2, 0.25) is 5.91 Å². The van der Waals surface area contributed by atoms with Crippen LogP contribution in [-0.2, 0) is 22.6 Å². The molecule has 0 aliphatic heterocycles. The molecule has 0 unspecified atom stereocenters. The Labute approximate surface area is 209 Å². The average Bonchev–Trinajstić information content (AvgIpc) is 2.86. The second-order valence-corrected chi connectivity index (χ2v) is 8.96. The van der Waals surface area contributed by atoms with Crippen molar-refractivity contribution in [2.24, 2.45) is 0 Å².